The van der Waals surface area contributed by atoms with Crippen molar-refractivity contribution < 1.29 is 32.9 Å². The van der Waals surface area contributed by atoms with Crippen molar-refractivity contribution in [3.05, 3.63) is 67.0 Å². The molecule has 11 heteroatoms. The highest BCUT2D eigenvalue weighted by atomic mass is 32.2. The van der Waals surface area contributed by atoms with Gasteiger partial charge in [-0.3, -0.25) is 4.79 Å². The lowest BCUT2D eigenvalue weighted by Gasteiger charge is -2.18. The van der Waals surface area contributed by atoms with Gasteiger partial charge in [0.15, 0.2) is 0 Å². The Morgan fingerprint density at radius 3 is 2.15 bits per heavy atom. The number of hydrogen-bond donors (Lipinski definition) is 3. The van der Waals surface area contributed by atoms with Crippen LogP contribution in [-0.4, -0.2) is 60.4 Å². The molecule has 2 aromatic carbocycles. The number of aliphatic carboxylic acids is 1. The van der Waals surface area contributed by atoms with E-state index >= 15 is 0 Å². The molecule has 174 valence electrons. The molecule has 3 N–H and O–H groups in total. The van der Waals surface area contributed by atoms with Gasteiger partial charge in [0.25, 0.3) is 0 Å². The molecule has 0 radical (unpaired) electrons. The lowest BCUT2D eigenvalue weighted by Crippen LogP contribution is -2.43. The molecule has 0 saturated heterocycles. The van der Waals surface area contributed by atoms with Gasteiger partial charge in [0.1, 0.15) is 18.4 Å². The Bertz CT molecular complexity index is 1150. The second-order valence-electron chi connectivity index (χ2n) is 7.00. The van der Waals surface area contributed by atoms with Crippen molar-refractivity contribution in [3.8, 4) is 22.9 Å². The third-order valence-electron chi connectivity index (χ3n) is 4.64. The zero-order chi connectivity index (χ0) is 23.8. The highest BCUT2D eigenvalue weighted by molar-refractivity contribution is 7.89. The monoisotopic (exact) mass is 473 g/mol. The average Bonchev–Trinajstić information content (AvgIpc) is 2.83. The van der Waals surface area contributed by atoms with Crippen molar-refractivity contribution in [2.45, 2.75) is 23.5 Å². The van der Waals surface area contributed by atoms with Gasteiger partial charge in [-0.15, -0.1) is 0 Å². The fourth-order valence-corrected chi connectivity index (χ4v) is 4.14. The normalized spacial score (nSPS) is 13.2. The summed E-state index contributed by atoms with van der Waals surface area (Å²) < 4.78 is 37.9. The summed E-state index contributed by atoms with van der Waals surface area (Å²) in [6, 6.07) is 13.3. The summed E-state index contributed by atoms with van der Waals surface area (Å²) in [5.74, 6) is -0.728. The number of carboxylic acid groups (broad SMARTS) is 1. The number of nitrogens with one attached hydrogen (secondary N) is 1. The standard InChI is InChI=1S/C22H23N3O7S/c1-31-18-7-3-15(4-8-18)16-5-9-19(10-6-16)33(29,30)25-20(21(27)28)13-17(26)14-32-22-23-11-2-12-24-22/h2-12,17,20,25-26H,13-14H2,1H3,(H,27,28)/t17-,20?/m1/s1. The quantitative estimate of drug-likeness (QED) is 0.378. The predicted molar refractivity (Wildman–Crippen MR) is 118 cm³/mol. The summed E-state index contributed by atoms with van der Waals surface area (Å²) in [7, 11) is -2.59. The summed E-state index contributed by atoms with van der Waals surface area (Å²) in [5.41, 5.74) is 1.64. The van der Waals surface area contributed by atoms with Gasteiger partial charge >= 0.3 is 12.0 Å². The van der Waals surface area contributed by atoms with Crippen LogP contribution in [0, 0.1) is 0 Å². The van der Waals surface area contributed by atoms with Crippen LogP contribution in [0.5, 0.6) is 11.8 Å². The van der Waals surface area contributed by atoms with Gasteiger partial charge in [0.05, 0.1) is 18.1 Å². The first kappa shape index (κ1) is 24.1. The average molecular weight is 474 g/mol. The van der Waals surface area contributed by atoms with Crippen molar-refractivity contribution in [1.29, 1.82) is 0 Å². The van der Waals surface area contributed by atoms with Gasteiger partial charge in [-0.25, -0.2) is 18.4 Å². The van der Waals surface area contributed by atoms with E-state index in [0.717, 1.165) is 11.1 Å². The second-order valence-corrected chi connectivity index (χ2v) is 8.71. The molecule has 33 heavy (non-hydrogen) atoms. The Balaban J connectivity index is 1.65. The maximum absolute atomic E-state index is 12.7. The molecule has 1 aromatic heterocycles. The van der Waals surface area contributed by atoms with Gasteiger partial charge in [-0.2, -0.15) is 4.72 Å². The number of sulfonamides is 1. The number of carbonyl (C=O) groups is 1. The first-order valence-corrected chi connectivity index (χ1v) is 11.3. The molecule has 0 amide bonds. The van der Waals surface area contributed by atoms with Crippen LogP contribution in [0.2, 0.25) is 0 Å². The molecule has 3 aromatic rings. The van der Waals surface area contributed by atoms with Crippen molar-refractivity contribution in [1.82, 2.24) is 14.7 Å². The number of methoxy groups -OCH3 is 1. The van der Waals surface area contributed by atoms with Crippen molar-refractivity contribution in [2.75, 3.05) is 13.7 Å². The largest absolute Gasteiger partial charge is 0.497 e. The molecule has 2 atom stereocenters. The third kappa shape index (κ3) is 6.72. The maximum Gasteiger partial charge on any atom is 0.321 e. The van der Waals surface area contributed by atoms with Crippen LogP contribution in [-0.2, 0) is 14.8 Å². The van der Waals surface area contributed by atoms with E-state index in [-0.39, 0.29) is 17.5 Å². The van der Waals surface area contributed by atoms with Crippen LogP contribution in [0.3, 0.4) is 0 Å². The minimum atomic E-state index is -4.15. The highest BCUT2D eigenvalue weighted by Crippen LogP contribution is 2.24. The predicted octanol–water partition coefficient (Wildman–Crippen LogP) is 1.71. The molecular formula is C22H23N3O7S. The minimum Gasteiger partial charge on any atom is -0.497 e. The minimum absolute atomic E-state index is 0.0148. The lowest BCUT2D eigenvalue weighted by atomic mass is 10.1. The lowest BCUT2D eigenvalue weighted by molar-refractivity contribution is -0.139. The van der Waals surface area contributed by atoms with Gasteiger partial charge in [-0.05, 0) is 41.5 Å². The van der Waals surface area contributed by atoms with Crippen LogP contribution in [0.4, 0.5) is 0 Å². The number of benzene rings is 2. The van der Waals surface area contributed by atoms with Crippen LogP contribution >= 0.6 is 0 Å². The fraction of sp³-hybridized carbons (Fsp3) is 0.227. The molecule has 0 saturated carbocycles. The summed E-state index contributed by atoms with van der Waals surface area (Å²) in [6.45, 7) is -0.300. The number of aromatic nitrogens is 2. The second kappa shape index (κ2) is 10.9. The SMILES string of the molecule is COc1ccc(-c2ccc(S(=O)(=O)NC(C[C@@H](O)COc3ncccn3)C(=O)O)cc2)cc1. The topological polar surface area (TPSA) is 148 Å². The summed E-state index contributed by atoms with van der Waals surface area (Å²) >= 11 is 0. The first-order valence-electron chi connectivity index (χ1n) is 9.86. The highest BCUT2D eigenvalue weighted by Gasteiger charge is 2.28. The fourth-order valence-electron chi connectivity index (χ4n) is 2.94. The van der Waals surface area contributed by atoms with E-state index < -0.39 is 34.6 Å². The van der Waals surface area contributed by atoms with Gasteiger partial charge in [0, 0.05) is 18.8 Å². The number of aliphatic hydroxyl groups excluding tert-OH is 1. The number of hydrogen-bond acceptors (Lipinski definition) is 8. The molecule has 0 bridgehead atoms. The van der Waals surface area contributed by atoms with Crippen molar-refractivity contribution in [2.24, 2.45) is 0 Å². The molecular weight excluding hydrogens is 450 g/mol. The zero-order valence-corrected chi connectivity index (χ0v) is 18.5. The van der Waals surface area contributed by atoms with Crippen LogP contribution in [0.15, 0.2) is 71.9 Å². The van der Waals surface area contributed by atoms with E-state index in [1.165, 1.54) is 24.5 Å². The Labute approximate surface area is 190 Å². The summed E-state index contributed by atoms with van der Waals surface area (Å²) in [5, 5.41) is 19.5. The molecule has 0 fully saturated rings. The van der Waals surface area contributed by atoms with Crippen molar-refractivity contribution in [3.63, 3.8) is 0 Å². The molecule has 1 heterocycles. The van der Waals surface area contributed by atoms with Gasteiger partial charge < -0.3 is 19.7 Å². The molecule has 0 spiro atoms. The van der Waals surface area contributed by atoms with E-state index in [0.29, 0.717) is 5.75 Å². The van der Waals surface area contributed by atoms with Gasteiger partial charge in [-0.1, -0.05) is 24.3 Å². The zero-order valence-electron chi connectivity index (χ0n) is 17.7. The third-order valence-corrected chi connectivity index (χ3v) is 6.13. The molecule has 3 rings (SSSR count). The Kier molecular flexibility index (Phi) is 7.93. The van der Waals surface area contributed by atoms with Crippen molar-refractivity contribution >= 4 is 16.0 Å². The van der Waals surface area contributed by atoms with E-state index in [1.54, 1.807) is 37.4 Å². The number of nitrogens with zero attached hydrogens (tertiary/aromatic N) is 2. The smallest absolute Gasteiger partial charge is 0.321 e. The van der Waals surface area contributed by atoms with Crippen LogP contribution in [0.25, 0.3) is 11.1 Å². The Hall–Kier alpha value is -3.54. The van der Waals surface area contributed by atoms with Gasteiger partial charge in [0.2, 0.25) is 10.0 Å². The van der Waals surface area contributed by atoms with Crippen LogP contribution < -0.4 is 14.2 Å². The number of rotatable bonds is 11. The number of ether oxygens (including phenoxy) is 2. The molecule has 10 nitrogen and oxygen atoms in total. The van der Waals surface area contributed by atoms with E-state index in [2.05, 4.69) is 14.7 Å². The molecule has 0 aliphatic rings. The molecule has 0 aliphatic heterocycles. The maximum atomic E-state index is 12.7. The summed E-state index contributed by atoms with van der Waals surface area (Å²) in [4.78, 5) is 19.1. The molecule has 1 unspecified atom stereocenters. The Morgan fingerprint density at radius 1 is 1.03 bits per heavy atom. The number of aliphatic hydroxyl groups is 1. The first-order chi connectivity index (χ1) is 15.8. The van der Waals surface area contributed by atoms with E-state index in [1.807, 2.05) is 12.1 Å². The van der Waals surface area contributed by atoms with Crippen LogP contribution in [0.1, 0.15) is 6.42 Å². The van der Waals surface area contributed by atoms with E-state index in [9.17, 15) is 23.4 Å². The summed E-state index contributed by atoms with van der Waals surface area (Å²) in [6.07, 6.45) is 1.21. The molecule has 0 aliphatic carbocycles. The van der Waals surface area contributed by atoms with E-state index in [4.69, 9.17) is 9.47 Å². The number of carboxylic acids is 1. The Morgan fingerprint density at radius 2 is 1.61 bits per heavy atom.